The molecule has 0 aliphatic carbocycles. The molecule has 0 bridgehead atoms. The predicted octanol–water partition coefficient (Wildman–Crippen LogP) is 4.93. The van der Waals surface area contributed by atoms with Crippen LogP contribution in [-0.2, 0) is 38.4 Å². The molecule has 22 nitrogen and oxygen atoms in total. The van der Waals surface area contributed by atoms with Crippen LogP contribution in [0.3, 0.4) is 0 Å². The summed E-state index contributed by atoms with van der Waals surface area (Å²) in [6.45, 7) is 1.60. The van der Waals surface area contributed by atoms with Crippen molar-refractivity contribution in [2.24, 2.45) is 34.4 Å². The number of amides is 7. The largest absolute Gasteiger partial charge is 0.480 e. The number of carbonyl (C=O) groups is 8. The molecule has 0 fully saturated rings. The van der Waals surface area contributed by atoms with E-state index in [1.54, 1.807) is 97.1 Å². The zero-order chi connectivity index (χ0) is 69.7. The molecule has 0 saturated heterocycles. The minimum absolute atomic E-state index is 0.0231. The van der Waals surface area contributed by atoms with Crippen LogP contribution in [0.2, 0.25) is 0 Å². The Morgan fingerprint density at radius 3 is 0.722 bits per heavy atom. The fourth-order valence-corrected chi connectivity index (χ4v) is 12.1. The summed E-state index contributed by atoms with van der Waals surface area (Å²) in [5, 5.41) is 31.7. The third kappa shape index (κ3) is 24.5. The van der Waals surface area contributed by atoms with Crippen molar-refractivity contribution in [2.75, 3.05) is 32.7 Å². The average molecular weight is 1330 g/mol. The Kier molecular flexibility index (Phi) is 33.6. The van der Waals surface area contributed by atoms with E-state index in [0.717, 1.165) is 0 Å². The van der Waals surface area contributed by atoms with Crippen LogP contribution < -0.4 is 71.6 Å². The highest BCUT2D eigenvalue weighted by Crippen LogP contribution is 2.34. The fraction of sp³-hybridized carbons (Fsp3) is 0.413. The zero-order valence-electron chi connectivity index (χ0n) is 55.5. The molecule has 20 N–H and O–H groups in total. The van der Waals surface area contributed by atoms with Gasteiger partial charge in [-0.15, -0.1) is 0 Å². The topological polar surface area (TPSA) is 397 Å². The van der Waals surface area contributed by atoms with Crippen LogP contribution in [0.15, 0.2) is 182 Å². The summed E-state index contributed by atoms with van der Waals surface area (Å²) in [6.07, 6.45) is 5.62. The van der Waals surface area contributed by atoms with Crippen molar-refractivity contribution < 1.29 is 43.5 Å². The molecule has 0 spiro atoms. The second-order valence-electron chi connectivity index (χ2n) is 24.5. The van der Waals surface area contributed by atoms with Gasteiger partial charge < -0.3 is 76.7 Å². The van der Waals surface area contributed by atoms with Crippen LogP contribution in [-0.4, -0.2) is 133 Å². The molecule has 22 heteroatoms. The monoisotopic (exact) mass is 1330 g/mol. The molecular weight excluding hydrogens is 1230 g/mol. The maximum absolute atomic E-state index is 16.2. The lowest BCUT2D eigenvalue weighted by Gasteiger charge is -2.35. The fourth-order valence-electron chi connectivity index (χ4n) is 12.1. The van der Waals surface area contributed by atoms with Gasteiger partial charge in [-0.2, -0.15) is 0 Å². The van der Waals surface area contributed by atoms with Crippen LogP contribution in [0.5, 0.6) is 0 Å². The number of nitrogens with two attached hydrogens (primary N) is 6. The zero-order valence-corrected chi connectivity index (χ0v) is 55.5. The lowest BCUT2D eigenvalue weighted by atomic mass is 9.81. The molecule has 0 aliphatic rings. The lowest BCUT2D eigenvalue weighted by Crippen LogP contribution is -2.61. The summed E-state index contributed by atoms with van der Waals surface area (Å²) < 4.78 is 0. The van der Waals surface area contributed by atoms with Crippen molar-refractivity contribution in [3.8, 4) is 0 Å². The van der Waals surface area contributed by atoms with Crippen LogP contribution in [0.25, 0.3) is 0 Å². The minimum atomic E-state index is -1.58. The number of carboxylic acid groups (broad SMARTS) is 1. The Labute approximate surface area is 570 Å². The summed E-state index contributed by atoms with van der Waals surface area (Å²) in [7, 11) is 0. The summed E-state index contributed by atoms with van der Waals surface area (Å²) in [5.41, 5.74) is 39.2. The highest BCUT2D eigenvalue weighted by atomic mass is 16.4. The van der Waals surface area contributed by atoms with E-state index >= 15 is 19.2 Å². The van der Waals surface area contributed by atoms with Gasteiger partial charge in [0.05, 0.1) is 6.04 Å². The van der Waals surface area contributed by atoms with Crippen molar-refractivity contribution in [3.63, 3.8) is 0 Å². The molecule has 8 atom stereocenters. The maximum Gasteiger partial charge on any atom is 0.327 e. The predicted molar refractivity (Wildman–Crippen MR) is 378 cm³/mol. The Bertz CT molecular complexity index is 3210. The molecular formula is C75H101N13O9. The quantitative estimate of drug-likeness (QED) is 0.0226. The summed E-state index contributed by atoms with van der Waals surface area (Å²) in [6, 6.07) is 43.6. The van der Waals surface area contributed by atoms with E-state index in [9.17, 15) is 24.3 Å². The van der Waals surface area contributed by atoms with Crippen LogP contribution in [0, 0.1) is 0 Å². The molecule has 0 aromatic heterocycles. The number of unbranched alkanes of at least 4 members (excludes halogenated alkanes) is 5. The van der Waals surface area contributed by atoms with E-state index in [-0.39, 0.29) is 38.8 Å². The molecule has 0 heterocycles. The van der Waals surface area contributed by atoms with Gasteiger partial charge in [-0.05, 0) is 156 Å². The Balaban J connectivity index is 1.41. The first-order chi connectivity index (χ1) is 47.1. The molecule has 97 heavy (non-hydrogen) atoms. The summed E-state index contributed by atoms with van der Waals surface area (Å²) in [5.74, 6) is -9.22. The second-order valence-corrected chi connectivity index (χ2v) is 24.5. The van der Waals surface area contributed by atoms with Crippen LogP contribution in [0.1, 0.15) is 147 Å². The number of nitrogens with one attached hydrogen (secondary N) is 7. The molecule has 6 aromatic carbocycles. The normalized spacial score (nSPS) is 13.8. The van der Waals surface area contributed by atoms with Gasteiger partial charge in [0.2, 0.25) is 41.4 Å². The second kappa shape index (κ2) is 42.4. The van der Waals surface area contributed by atoms with Gasteiger partial charge in [0, 0.05) is 17.8 Å². The van der Waals surface area contributed by atoms with E-state index in [4.69, 9.17) is 34.4 Å². The van der Waals surface area contributed by atoms with Crippen molar-refractivity contribution in [1.82, 2.24) is 37.2 Å². The van der Waals surface area contributed by atoms with E-state index in [1.165, 1.54) is 0 Å². The van der Waals surface area contributed by atoms with Crippen molar-refractivity contribution in [1.29, 1.82) is 0 Å². The molecule has 0 radical (unpaired) electrons. The molecule has 0 saturated carbocycles. The number of rotatable bonds is 44. The highest BCUT2D eigenvalue weighted by Gasteiger charge is 2.42. The van der Waals surface area contributed by atoms with Crippen LogP contribution >= 0.6 is 0 Å². The van der Waals surface area contributed by atoms with E-state index in [2.05, 4.69) is 37.2 Å². The molecule has 6 aromatic rings. The number of hydrogen-bond donors (Lipinski definition) is 14. The van der Waals surface area contributed by atoms with Crippen LogP contribution in [0.4, 0.5) is 0 Å². The smallest absolute Gasteiger partial charge is 0.327 e. The first-order valence-electron chi connectivity index (χ1n) is 34.0. The molecule has 6 rings (SSSR count). The van der Waals surface area contributed by atoms with Gasteiger partial charge in [-0.25, -0.2) is 4.79 Å². The summed E-state index contributed by atoms with van der Waals surface area (Å²) >= 11 is 0. The SMILES string of the molecule is NCCCC[C@H](NC(=O)[C@H](CCCCN)NC(=O)[C@H](CCCCN)NC(=O)[C@@H](N)CCCCN)C(=O)N[C@@H](CCCCN)C(=O)N[C@H](C(=O)N[C@H](C(=O)N[C@H](C(=O)O)C(c1ccccc1)c1ccccc1)C(c1ccccc1)c1ccccc1)C(c1ccccc1)c1ccccc1. The molecule has 0 unspecified atom stereocenters. The van der Waals surface area contributed by atoms with Gasteiger partial charge in [0.25, 0.3) is 0 Å². The number of carbonyl (C=O) groups excluding carboxylic acids is 7. The number of hydrogen-bond acceptors (Lipinski definition) is 14. The minimum Gasteiger partial charge on any atom is -0.480 e. The van der Waals surface area contributed by atoms with Crippen molar-refractivity contribution in [2.45, 2.75) is 162 Å². The number of benzene rings is 6. The van der Waals surface area contributed by atoms with Crippen molar-refractivity contribution in [3.05, 3.63) is 215 Å². The summed E-state index contributed by atoms with van der Waals surface area (Å²) in [4.78, 5) is 119. The average Bonchev–Trinajstić information content (AvgIpc) is 0.802. The third-order valence-electron chi connectivity index (χ3n) is 17.3. The third-order valence-corrected chi connectivity index (χ3v) is 17.3. The Morgan fingerprint density at radius 1 is 0.268 bits per heavy atom. The Hall–Kier alpha value is -9.16. The van der Waals surface area contributed by atoms with E-state index in [1.807, 2.05) is 84.9 Å². The number of carboxylic acids is 1. The van der Waals surface area contributed by atoms with Gasteiger partial charge in [0.1, 0.15) is 42.3 Å². The van der Waals surface area contributed by atoms with Gasteiger partial charge in [0.15, 0.2) is 0 Å². The highest BCUT2D eigenvalue weighted by molar-refractivity contribution is 5.98. The van der Waals surface area contributed by atoms with E-state index < -0.39 is 113 Å². The lowest BCUT2D eigenvalue weighted by molar-refractivity contribution is -0.143. The van der Waals surface area contributed by atoms with Crippen molar-refractivity contribution >= 4 is 47.3 Å². The molecule has 7 amide bonds. The molecule has 0 aliphatic heterocycles. The number of aliphatic carboxylic acids is 1. The van der Waals surface area contributed by atoms with Gasteiger partial charge in [-0.3, -0.25) is 33.6 Å². The first-order valence-corrected chi connectivity index (χ1v) is 34.0. The van der Waals surface area contributed by atoms with Gasteiger partial charge in [-0.1, -0.05) is 188 Å². The first kappa shape index (κ1) is 76.9. The molecule has 520 valence electrons. The standard InChI is InChI=1S/C75H101N13O9/c76-46-24-19-41-57(81)68(89)82-58(42-20-25-47-77)69(90)83-59(43-21-26-48-78)70(91)84-60(44-22-27-49-79)71(92)85-61(45-23-28-50-80)72(93)86-65(62(51-29-7-1-8-30-51)52-31-9-2-10-32-52)73(94)87-66(63(53-33-11-3-12-34-53)54-35-13-4-14-36-54)74(95)88-67(75(96)97)64(55-37-15-5-16-38-55)56-39-17-6-18-40-56/h1-18,29-40,57-67H,19-28,41-50,76-81H2,(H,82,89)(H,83,90)(H,84,91)(H,85,92)(H,86,93)(H,87,94)(H,88,95)(H,96,97)/t57-,58-,59-,60-,61-,65-,66-,67-/m0/s1. The van der Waals surface area contributed by atoms with E-state index in [0.29, 0.717) is 124 Å². The van der Waals surface area contributed by atoms with Gasteiger partial charge >= 0.3 is 5.97 Å². The Morgan fingerprint density at radius 2 is 0.474 bits per heavy atom. The maximum atomic E-state index is 16.2.